The minimum Gasteiger partial charge on any atom is -0.470 e. The van der Waals surface area contributed by atoms with Gasteiger partial charge in [-0.1, -0.05) is 0 Å². The number of amides is 1. The number of nitrogens with zero attached hydrogens (tertiary/aromatic N) is 5. The van der Waals surface area contributed by atoms with Gasteiger partial charge in [-0.05, 0) is 26.4 Å². The lowest BCUT2D eigenvalue weighted by Gasteiger charge is -2.31. The van der Waals surface area contributed by atoms with Crippen LogP contribution in [0.5, 0.6) is 5.88 Å². The largest absolute Gasteiger partial charge is 0.470 e. The number of carbonyl (C=O) groups is 1. The summed E-state index contributed by atoms with van der Waals surface area (Å²) in [7, 11) is 2.06. The minimum atomic E-state index is -0.121. The lowest BCUT2D eigenvalue weighted by atomic mass is 9.97. The number of hydrogen-bond donors (Lipinski definition) is 0. The monoisotopic (exact) mass is 315 g/mol. The molecule has 3 rings (SSSR count). The van der Waals surface area contributed by atoms with E-state index in [9.17, 15) is 4.79 Å². The Labute approximate surface area is 135 Å². The third kappa shape index (κ3) is 3.59. The number of nitriles is 1. The molecule has 1 aromatic rings. The van der Waals surface area contributed by atoms with Crippen LogP contribution >= 0.6 is 0 Å². The number of rotatable bonds is 3. The van der Waals surface area contributed by atoms with E-state index < -0.39 is 0 Å². The van der Waals surface area contributed by atoms with Crippen molar-refractivity contribution in [2.24, 2.45) is 5.92 Å². The first-order chi connectivity index (χ1) is 11.2. The van der Waals surface area contributed by atoms with Crippen LogP contribution < -0.4 is 4.74 Å². The lowest BCUT2D eigenvalue weighted by molar-refractivity contribution is -0.136. The van der Waals surface area contributed by atoms with Gasteiger partial charge in [0.25, 0.3) is 5.88 Å². The van der Waals surface area contributed by atoms with Crippen LogP contribution in [-0.4, -0.2) is 65.0 Å². The molecule has 122 valence electrons. The third-order valence-electron chi connectivity index (χ3n) is 4.48. The van der Waals surface area contributed by atoms with Gasteiger partial charge >= 0.3 is 0 Å². The summed E-state index contributed by atoms with van der Waals surface area (Å²) in [6.07, 6.45) is 5.65. The molecule has 0 spiro atoms. The van der Waals surface area contributed by atoms with Crippen molar-refractivity contribution < 1.29 is 9.53 Å². The van der Waals surface area contributed by atoms with Crippen molar-refractivity contribution in [3.8, 4) is 11.9 Å². The highest BCUT2D eigenvalue weighted by Crippen LogP contribution is 2.23. The minimum absolute atomic E-state index is 0.0960. The van der Waals surface area contributed by atoms with Crippen LogP contribution in [0, 0.1) is 17.2 Å². The molecule has 2 aliphatic heterocycles. The number of piperidine rings is 1. The summed E-state index contributed by atoms with van der Waals surface area (Å²) in [5.41, 5.74) is 0.186. The molecule has 3 heterocycles. The Morgan fingerprint density at radius 2 is 2.13 bits per heavy atom. The Kier molecular flexibility index (Phi) is 4.72. The molecule has 0 radical (unpaired) electrons. The topological polar surface area (TPSA) is 82.3 Å². The molecule has 0 bridgehead atoms. The van der Waals surface area contributed by atoms with Gasteiger partial charge in [0.05, 0.1) is 12.5 Å². The van der Waals surface area contributed by atoms with Gasteiger partial charge < -0.3 is 14.5 Å². The molecule has 0 saturated carbocycles. The molecule has 2 saturated heterocycles. The van der Waals surface area contributed by atoms with Crippen LogP contribution in [0.1, 0.15) is 25.0 Å². The van der Waals surface area contributed by atoms with Crippen LogP contribution in [0.2, 0.25) is 0 Å². The van der Waals surface area contributed by atoms with E-state index in [0.29, 0.717) is 13.1 Å². The van der Waals surface area contributed by atoms with Crippen molar-refractivity contribution in [3.63, 3.8) is 0 Å². The Morgan fingerprint density at radius 1 is 1.30 bits per heavy atom. The summed E-state index contributed by atoms with van der Waals surface area (Å²) in [5.74, 6) is 0.577. The van der Waals surface area contributed by atoms with Gasteiger partial charge in [-0.3, -0.25) is 4.79 Å². The number of aromatic nitrogens is 2. The molecular formula is C16H21N5O2. The molecule has 23 heavy (non-hydrogen) atoms. The quantitative estimate of drug-likeness (QED) is 0.815. The molecule has 0 N–H and O–H groups in total. The SMILES string of the molecule is CN1CCCC(C(=O)N2CCC(Oc3nccnc3C#N)C2)C1. The summed E-state index contributed by atoms with van der Waals surface area (Å²) in [4.78, 5) is 24.7. The second-order valence-corrected chi connectivity index (χ2v) is 6.24. The average Bonchev–Trinajstić information content (AvgIpc) is 3.03. The molecular weight excluding hydrogens is 294 g/mol. The molecule has 7 nitrogen and oxygen atoms in total. The zero-order valence-corrected chi connectivity index (χ0v) is 13.3. The maximum absolute atomic E-state index is 12.6. The lowest BCUT2D eigenvalue weighted by Crippen LogP contribution is -2.43. The van der Waals surface area contributed by atoms with E-state index in [4.69, 9.17) is 10.00 Å². The summed E-state index contributed by atoms with van der Waals surface area (Å²) >= 11 is 0. The maximum Gasteiger partial charge on any atom is 0.251 e. The van der Waals surface area contributed by atoms with Crippen molar-refractivity contribution in [3.05, 3.63) is 18.1 Å². The predicted octanol–water partition coefficient (Wildman–Crippen LogP) is 0.670. The Bertz CT molecular complexity index is 615. The third-order valence-corrected chi connectivity index (χ3v) is 4.48. The van der Waals surface area contributed by atoms with Crippen LogP contribution in [-0.2, 0) is 4.79 Å². The van der Waals surface area contributed by atoms with Crippen molar-refractivity contribution >= 4 is 5.91 Å². The van der Waals surface area contributed by atoms with E-state index >= 15 is 0 Å². The molecule has 1 amide bonds. The zero-order valence-electron chi connectivity index (χ0n) is 13.3. The number of likely N-dealkylation sites (tertiary alicyclic amines) is 2. The first kappa shape index (κ1) is 15.7. The molecule has 0 aromatic carbocycles. The molecule has 7 heteroatoms. The van der Waals surface area contributed by atoms with Crippen LogP contribution in [0.25, 0.3) is 0 Å². The second kappa shape index (κ2) is 6.92. The van der Waals surface area contributed by atoms with Gasteiger partial charge in [0.1, 0.15) is 12.2 Å². The Morgan fingerprint density at radius 3 is 2.91 bits per heavy atom. The van der Waals surface area contributed by atoms with Gasteiger partial charge in [0, 0.05) is 31.9 Å². The maximum atomic E-state index is 12.6. The summed E-state index contributed by atoms with van der Waals surface area (Å²) in [6, 6.07) is 1.98. The average molecular weight is 315 g/mol. The summed E-state index contributed by atoms with van der Waals surface area (Å²) < 4.78 is 5.79. The van der Waals surface area contributed by atoms with E-state index in [1.54, 1.807) is 0 Å². The van der Waals surface area contributed by atoms with Gasteiger partial charge in [-0.25, -0.2) is 9.97 Å². The predicted molar refractivity (Wildman–Crippen MR) is 82.6 cm³/mol. The van der Waals surface area contributed by atoms with Crippen molar-refractivity contribution in [2.45, 2.75) is 25.4 Å². The molecule has 2 fully saturated rings. The highest BCUT2D eigenvalue weighted by Gasteiger charge is 2.33. The van der Waals surface area contributed by atoms with Gasteiger partial charge in [-0.15, -0.1) is 0 Å². The number of hydrogen-bond acceptors (Lipinski definition) is 6. The highest BCUT2D eigenvalue weighted by atomic mass is 16.5. The molecule has 2 aliphatic rings. The Hall–Kier alpha value is -2.20. The number of ether oxygens (including phenoxy) is 1. The smallest absolute Gasteiger partial charge is 0.251 e. The van der Waals surface area contributed by atoms with E-state index in [2.05, 4.69) is 21.9 Å². The fourth-order valence-electron chi connectivity index (χ4n) is 3.30. The fourth-order valence-corrected chi connectivity index (χ4v) is 3.30. The van der Waals surface area contributed by atoms with Crippen molar-refractivity contribution in [2.75, 3.05) is 33.2 Å². The van der Waals surface area contributed by atoms with E-state index in [-0.39, 0.29) is 29.5 Å². The zero-order chi connectivity index (χ0) is 16.2. The Balaban J connectivity index is 1.58. The molecule has 0 aliphatic carbocycles. The summed E-state index contributed by atoms with van der Waals surface area (Å²) in [6.45, 7) is 3.16. The second-order valence-electron chi connectivity index (χ2n) is 6.24. The van der Waals surface area contributed by atoms with Crippen molar-refractivity contribution in [1.82, 2.24) is 19.8 Å². The molecule has 2 atom stereocenters. The van der Waals surface area contributed by atoms with Crippen LogP contribution in [0.3, 0.4) is 0 Å². The van der Waals surface area contributed by atoms with E-state index in [1.165, 1.54) is 12.4 Å². The first-order valence-electron chi connectivity index (χ1n) is 8.02. The van der Waals surface area contributed by atoms with Crippen LogP contribution in [0.4, 0.5) is 0 Å². The van der Waals surface area contributed by atoms with Gasteiger partial charge in [-0.2, -0.15) is 5.26 Å². The van der Waals surface area contributed by atoms with Gasteiger partial charge in [0.2, 0.25) is 11.6 Å². The first-order valence-corrected chi connectivity index (χ1v) is 8.02. The fraction of sp³-hybridized carbons (Fsp3) is 0.625. The molecule has 2 unspecified atom stereocenters. The standard InChI is InChI=1S/C16H21N5O2/c1-20-7-2-3-12(10-20)16(22)21-8-4-13(11-21)23-15-14(9-17)18-5-6-19-15/h5-6,12-13H,2-4,7-8,10-11H2,1H3. The normalized spacial score (nSPS) is 25.1. The van der Waals surface area contributed by atoms with Crippen molar-refractivity contribution in [1.29, 1.82) is 5.26 Å². The van der Waals surface area contributed by atoms with E-state index in [1.807, 2.05) is 11.0 Å². The van der Waals surface area contributed by atoms with E-state index in [0.717, 1.165) is 32.4 Å². The number of carbonyl (C=O) groups excluding carboxylic acids is 1. The molecule has 1 aromatic heterocycles. The van der Waals surface area contributed by atoms with Gasteiger partial charge in [0.15, 0.2) is 0 Å². The highest BCUT2D eigenvalue weighted by molar-refractivity contribution is 5.79. The van der Waals surface area contributed by atoms with Crippen LogP contribution in [0.15, 0.2) is 12.4 Å². The summed E-state index contributed by atoms with van der Waals surface area (Å²) in [5, 5.41) is 9.03.